The summed E-state index contributed by atoms with van der Waals surface area (Å²) < 4.78 is 10.7. The normalized spacial score (nSPS) is 27.2. The fraction of sp³-hybridized carbons (Fsp3) is 0.375. The van der Waals surface area contributed by atoms with Gasteiger partial charge in [0, 0.05) is 17.9 Å². The summed E-state index contributed by atoms with van der Waals surface area (Å²) in [6, 6.07) is 5.49. The van der Waals surface area contributed by atoms with E-state index in [1.54, 1.807) is 19.2 Å². The molecule has 1 aliphatic carbocycles. The predicted octanol–water partition coefficient (Wildman–Crippen LogP) is 2.48. The molecule has 0 unspecified atom stereocenters. The zero-order valence-corrected chi connectivity index (χ0v) is 11.2. The first-order valence-corrected chi connectivity index (χ1v) is 6.74. The Hall–Kier alpha value is -2.10. The van der Waals surface area contributed by atoms with Crippen LogP contribution in [0.25, 0.3) is 0 Å². The third-order valence-electron chi connectivity index (χ3n) is 4.14. The third kappa shape index (κ3) is 2.01. The van der Waals surface area contributed by atoms with Gasteiger partial charge in [-0.1, -0.05) is 12.2 Å². The fourth-order valence-electron chi connectivity index (χ4n) is 3.17. The Bertz CT molecular complexity index is 576. The number of rotatable bonds is 3. The number of esters is 1. The third-order valence-corrected chi connectivity index (χ3v) is 4.14. The molecular weight excluding hydrogens is 256 g/mol. The molecule has 0 N–H and O–H groups in total. The van der Waals surface area contributed by atoms with Crippen LogP contribution in [0.4, 0.5) is 0 Å². The molecule has 104 valence electrons. The van der Waals surface area contributed by atoms with Gasteiger partial charge in [0.25, 0.3) is 0 Å². The Labute approximate surface area is 117 Å². The fourth-order valence-corrected chi connectivity index (χ4v) is 3.17. The Morgan fingerprint density at radius 2 is 2.30 bits per heavy atom. The largest absolute Gasteiger partial charge is 0.497 e. The summed E-state index contributed by atoms with van der Waals surface area (Å²) in [7, 11) is 1.62. The lowest BCUT2D eigenvalue weighted by atomic mass is 9.70. The highest BCUT2D eigenvalue weighted by atomic mass is 16.5. The van der Waals surface area contributed by atoms with Gasteiger partial charge in [0.15, 0.2) is 0 Å². The highest BCUT2D eigenvalue weighted by molar-refractivity contribution is 5.81. The van der Waals surface area contributed by atoms with Crippen molar-refractivity contribution in [3.63, 3.8) is 0 Å². The molecule has 0 bridgehead atoms. The van der Waals surface area contributed by atoms with Crippen LogP contribution in [0.2, 0.25) is 0 Å². The van der Waals surface area contributed by atoms with Gasteiger partial charge in [-0.15, -0.1) is 0 Å². The summed E-state index contributed by atoms with van der Waals surface area (Å²) in [6.07, 6.45) is 6.02. The van der Waals surface area contributed by atoms with Gasteiger partial charge in [-0.2, -0.15) is 0 Å². The molecule has 0 spiro atoms. The molecule has 0 saturated heterocycles. The summed E-state index contributed by atoms with van der Waals surface area (Å²) in [5, 5.41) is 0. The van der Waals surface area contributed by atoms with Crippen molar-refractivity contribution < 1.29 is 19.1 Å². The summed E-state index contributed by atoms with van der Waals surface area (Å²) in [5.41, 5.74) is 0.995. The van der Waals surface area contributed by atoms with E-state index in [1.165, 1.54) is 0 Å². The minimum absolute atomic E-state index is 0.0660. The van der Waals surface area contributed by atoms with Crippen molar-refractivity contribution in [2.75, 3.05) is 7.11 Å². The molecule has 20 heavy (non-hydrogen) atoms. The average molecular weight is 272 g/mol. The predicted molar refractivity (Wildman–Crippen MR) is 72.8 cm³/mol. The van der Waals surface area contributed by atoms with Crippen molar-refractivity contribution in [2.45, 2.75) is 18.8 Å². The lowest BCUT2D eigenvalue weighted by Gasteiger charge is -2.37. The topological polar surface area (TPSA) is 52.6 Å². The van der Waals surface area contributed by atoms with E-state index in [4.69, 9.17) is 9.47 Å². The summed E-state index contributed by atoms with van der Waals surface area (Å²) in [6.45, 7) is 0. The van der Waals surface area contributed by atoms with Gasteiger partial charge in [0.2, 0.25) is 0 Å². The summed E-state index contributed by atoms with van der Waals surface area (Å²) >= 11 is 0. The Kier molecular flexibility index (Phi) is 3.30. The van der Waals surface area contributed by atoms with E-state index in [0.29, 0.717) is 12.2 Å². The molecule has 1 aliphatic heterocycles. The number of hydrogen-bond acceptors (Lipinski definition) is 4. The molecule has 0 fully saturated rings. The lowest BCUT2D eigenvalue weighted by Crippen LogP contribution is -2.38. The minimum Gasteiger partial charge on any atom is -0.497 e. The monoisotopic (exact) mass is 272 g/mol. The quantitative estimate of drug-likeness (QED) is 0.367. The van der Waals surface area contributed by atoms with E-state index in [-0.39, 0.29) is 23.7 Å². The highest BCUT2D eigenvalue weighted by Gasteiger charge is 2.42. The molecule has 4 heteroatoms. The van der Waals surface area contributed by atoms with Crippen LogP contribution >= 0.6 is 0 Å². The molecule has 0 aromatic heterocycles. The lowest BCUT2D eigenvalue weighted by molar-refractivity contribution is -0.143. The Morgan fingerprint density at radius 1 is 1.45 bits per heavy atom. The maximum absolute atomic E-state index is 12.2. The first-order valence-electron chi connectivity index (χ1n) is 6.74. The number of ether oxygens (including phenoxy) is 2. The molecule has 1 aromatic rings. The Balaban J connectivity index is 2.03. The van der Waals surface area contributed by atoms with Crippen LogP contribution in [0.15, 0.2) is 30.4 Å². The van der Waals surface area contributed by atoms with Crippen molar-refractivity contribution in [2.24, 2.45) is 11.8 Å². The van der Waals surface area contributed by atoms with Crippen LogP contribution in [0.1, 0.15) is 24.3 Å². The van der Waals surface area contributed by atoms with Gasteiger partial charge < -0.3 is 14.3 Å². The van der Waals surface area contributed by atoms with Crippen molar-refractivity contribution in [3.05, 3.63) is 35.9 Å². The van der Waals surface area contributed by atoms with Crippen LogP contribution in [0.3, 0.4) is 0 Å². The van der Waals surface area contributed by atoms with Gasteiger partial charge in [-0.3, -0.25) is 4.79 Å². The van der Waals surface area contributed by atoms with Crippen LogP contribution in [-0.4, -0.2) is 19.4 Å². The first-order chi connectivity index (χ1) is 9.74. The number of fused-ring (bicyclic) bond motifs is 3. The molecule has 1 heterocycles. The van der Waals surface area contributed by atoms with Crippen LogP contribution in [-0.2, 0) is 9.59 Å². The second-order valence-electron chi connectivity index (χ2n) is 5.19. The number of benzene rings is 1. The average Bonchev–Trinajstić information content (AvgIpc) is 2.47. The molecular formula is C16H16O4. The smallest absolute Gasteiger partial charge is 0.315 e. The van der Waals surface area contributed by atoms with Crippen molar-refractivity contribution >= 4 is 12.3 Å². The zero-order valence-electron chi connectivity index (χ0n) is 11.2. The number of carbonyl (C=O) groups is 2. The van der Waals surface area contributed by atoms with E-state index in [0.717, 1.165) is 24.0 Å². The van der Waals surface area contributed by atoms with Crippen LogP contribution in [0, 0.1) is 11.8 Å². The molecule has 2 aliphatic rings. The number of carbonyl (C=O) groups excluding carboxylic acids is 2. The maximum Gasteiger partial charge on any atom is 0.315 e. The van der Waals surface area contributed by atoms with E-state index < -0.39 is 0 Å². The Morgan fingerprint density at radius 3 is 3.05 bits per heavy atom. The van der Waals surface area contributed by atoms with Gasteiger partial charge in [0.1, 0.15) is 17.8 Å². The first kappa shape index (κ1) is 12.9. The number of allylic oxidation sites excluding steroid dienone is 2. The van der Waals surface area contributed by atoms with Crippen LogP contribution in [0.5, 0.6) is 11.5 Å². The van der Waals surface area contributed by atoms with E-state index in [1.807, 2.05) is 12.1 Å². The number of hydrogen-bond donors (Lipinski definition) is 0. The van der Waals surface area contributed by atoms with Gasteiger partial charge >= 0.3 is 5.97 Å². The molecule has 3 atom stereocenters. The van der Waals surface area contributed by atoms with Crippen LogP contribution < -0.4 is 9.47 Å². The van der Waals surface area contributed by atoms with Crippen molar-refractivity contribution in [1.29, 1.82) is 0 Å². The van der Waals surface area contributed by atoms with Crippen molar-refractivity contribution in [3.8, 4) is 11.5 Å². The summed E-state index contributed by atoms with van der Waals surface area (Å²) in [4.78, 5) is 23.0. The highest BCUT2D eigenvalue weighted by Crippen LogP contribution is 2.47. The second-order valence-corrected chi connectivity index (χ2v) is 5.19. The second kappa shape index (κ2) is 5.12. The standard InChI is InChI=1S/C16H16O4/c1-19-11-5-6-14-13(9-11)12-4-2-3-10(7-8-17)15(12)16(18)20-14/h2-3,5-6,8-10,12,15H,4,7H2,1H3/t10-,12+,15-/m1/s1. The molecule has 3 rings (SSSR count). The maximum atomic E-state index is 12.2. The molecule has 0 amide bonds. The molecule has 1 aromatic carbocycles. The molecule has 0 saturated carbocycles. The van der Waals surface area contributed by atoms with E-state index in [9.17, 15) is 9.59 Å². The molecule has 4 nitrogen and oxygen atoms in total. The zero-order chi connectivity index (χ0) is 14.1. The number of methoxy groups -OCH3 is 1. The van der Waals surface area contributed by atoms with E-state index in [2.05, 4.69) is 6.08 Å². The van der Waals surface area contributed by atoms with Gasteiger partial charge in [-0.05, 0) is 30.5 Å². The summed E-state index contributed by atoms with van der Waals surface area (Å²) in [5.74, 6) is 0.849. The van der Waals surface area contributed by atoms with Gasteiger partial charge in [0.05, 0.1) is 13.0 Å². The number of aldehydes is 1. The van der Waals surface area contributed by atoms with E-state index >= 15 is 0 Å². The molecule has 0 radical (unpaired) electrons. The SMILES string of the molecule is COc1ccc2c(c1)[C@@H]1CC=C[C@H](CC=O)[C@H]1C(=O)O2. The van der Waals surface area contributed by atoms with Gasteiger partial charge in [-0.25, -0.2) is 0 Å². The minimum atomic E-state index is -0.273. The van der Waals surface area contributed by atoms with Crippen molar-refractivity contribution in [1.82, 2.24) is 0 Å².